The Hall–Kier alpha value is -3.20. The maximum atomic E-state index is 11.1. The Kier molecular flexibility index (Phi) is 20.4. The van der Waals surface area contributed by atoms with Gasteiger partial charge >= 0.3 is 11.9 Å². The number of hydrogen-bond acceptors (Lipinski definition) is 9. The summed E-state index contributed by atoms with van der Waals surface area (Å²) in [5, 5.41) is 10.0. The molecule has 0 aliphatic rings. The monoisotopic (exact) mass is 450 g/mol. The largest absolute Gasteiger partial charge is 0.466 e. The minimum Gasteiger partial charge on any atom is -0.466 e. The molecule has 0 aliphatic carbocycles. The third-order valence-electron chi connectivity index (χ3n) is 3.60. The van der Waals surface area contributed by atoms with E-state index in [1.807, 2.05) is 48.3 Å². The molecule has 0 unspecified atom stereocenters. The number of pyridine rings is 2. The Bertz CT molecular complexity index is 702. The van der Waals surface area contributed by atoms with E-state index in [0.717, 1.165) is 18.7 Å². The summed E-state index contributed by atoms with van der Waals surface area (Å²) in [5.41, 5.74) is 0. The zero-order valence-corrected chi connectivity index (χ0v) is 18.8. The van der Waals surface area contributed by atoms with Crippen LogP contribution in [0.5, 0.6) is 0 Å². The maximum Gasteiger partial charge on any atom is 0.307 e. The lowest BCUT2D eigenvalue weighted by atomic mass is 10.3. The first-order valence-corrected chi connectivity index (χ1v) is 10.1. The molecule has 0 atom stereocenters. The van der Waals surface area contributed by atoms with Gasteiger partial charge in [0.25, 0.3) is 0 Å². The van der Waals surface area contributed by atoms with E-state index in [1.54, 1.807) is 26.2 Å². The molecule has 180 valence electrons. The van der Waals surface area contributed by atoms with Crippen LogP contribution in [0.4, 0.5) is 11.6 Å². The number of rotatable bonds is 10. The van der Waals surface area contributed by atoms with Crippen LogP contribution in [-0.2, 0) is 19.1 Å². The zero-order chi connectivity index (χ0) is 23.3. The summed E-state index contributed by atoms with van der Waals surface area (Å²) in [7, 11) is 2.90. The lowest BCUT2D eigenvalue weighted by Gasteiger charge is -2.16. The molecule has 2 heterocycles. The smallest absolute Gasteiger partial charge is 0.307 e. The van der Waals surface area contributed by atoms with Gasteiger partial charge < -0.3 is 24.8 Å². The van der Waals surface area contributed by atoms with Crippen LogP contribution in [0.15, 0.2) is 48.8 Å². The van der Waals surface area contributed by atoms with E-state index in [1.165, 1.54) is 0 Å². The molecule has 0 saturated carbocycles. The molecule has 0 radical (unpaired) electrons. The topological polar surface area (TPSA) is 114 Å². The number of esters is 2. The molecule has 32 heavy (non-hydrogen) atoms. The highest BCUT2D eigenvalue weighted by Gasteiger charge is 2.06. The molecule has 0 aromatic carbocycles. The molecule has 9 heteroatoms. The first-order chi connectivity index (χ1) is 15.1. The molecule has 2 aromatic rings. The zero-order valence-electron chi connectivity index (χ0n) is 18.8. The standard InChI is InChI=1S/C11H16N2O2.C10H14N2O2.CH4O.CH4/c1-3-15-11(14)7-9-13(2)10-6-4-5-8-12-10;1-2-14-10(13)6-8-12-9-5-3-4-7-11-9;1-2;/h4-6,8H,3,7,9H2,1-2H3;3-5,7H,2,6,8H2,1H3,(H,11,12);2H,1H3;1H4. The van der Waals surface area contributed by atoms with Gasteiger partial charge in [0.15, 0.2) is 0 Å². The summed E-state index contributed by atoms with van der Waals surface area (Å²) in [4.78, 5) is 32.2. The average molecular weight is 451 g/mol. The fraction of sp³-hybridized carbons (Fsp3) is 0.478. The summed E-state index contributed by atoms with van der Waals surface area (Å²) in [5.74, 6) is 1.29. The van der Waals surface area contributed by atoms with Gasteiger partial charge in [-0.1, -0.05) is 19.6 Å². The fourth-order valence-corrected chi connectivity index (χ4v) is 2.18. The van der Waals surface area contributed by atoms with Crippen LogP contribution in [0.25, 0.3) is 0 Å². The van der Waals surface area contributed by atoms with Gasteiger partial charge in [0.1, 0.15) is 11.6 Å². The number of carbonyl (C=O) groups is 2. The molecular formula is C23H38N4O5. The predicted molar refractivity (Wildman–Crippen MR) is 128 cm³/mol. The van der Waals surface area contributed by atoms with Crippen molar-refractivity contribution < 1.29 is 24.2 Å². The second kappa shape index (κ2) is 21.0. The molecule has 9 nitrogen and oxygen atoms in total. The Labute approximate surface area is 191 Å². The van der Waals surface area contributed by atoms with Gasteiger partial charge in [-0.15, -0.1) is 0 Å². The molecule has 0 bridgehead atoms. The van der Waals surface area contributed by atoms with Gasteiger partial charge in [-0.25, -0.2) is 9.97 Å². The number of anilines is 2. The Morgan fingerprint density at radius 2 is 1.50 bits per heavy atom. The van der Waals surface area contributed by atoms with E-state index in [9.17, 15) is 9.59 Å². The third kappa shape index (κ3) is 15.6. The van der Waals surface area contributed by atoms with Crippen LogP contribution in [0.1, 0.15) is 34.1 Å². The van der Waals surface area contributed by atoms with Crippen molar-refractivity contribution >= 4 is 23.6 Å². The van der Waals surface area contributed by atoms with Crippen molar-refractivity contribution in [2.24, 2.45) is 0 Å². The van der Waals surface area contributed by atoms with Crippen LogP contribution in [0.3, 0.4) is 0 Å². The number of carbonyl (C=O) groups excluding carboxylic acids is 2. The highest BCUT2D eigenvalue weighted by molar-refractivity contribution is 5.70. The van der Waals surface area contributed by atoms with Crippen LogP contribution in [-0.4, -0.2) is 67.5 Å². The van der Waals surface area contributed by atoms with E-state index in [4.69, 9.17) is 14.6 Å². The molecule has 2 aromatic heterocycles. The van der Waals surface area contributed by atoms with Gasteiger partial charge in [-0.2, -0.15) is 0 Å². The quantitative estimate of drug-likeness (QED) is 0.527. The number of nitrogens with one attached hydrogen (secondary N) is 1. The SMILES string of the molecule is C.CCOC(=O)CCN(C)c1ccccn1.CCOC(=O)CCNc1ccccn1.CO. The lowest BCUT2D eigenvalue weighted by Crippen LogP contribution is -2.22. The predicted octanol–water partition coefficient (Wildman–Crippen LogP) is 3.16. The summed E-state index contributed by atoms with van der Waals surface area (Å²) in [6.45, 7) is 5.64. The number of aliphatic hydroxyl groups is 1. The van der Waals surface area contributed by atoms with E-state index >= 15 is 0 Å². The molecule has 2 rings (SSSR count). The minimum absolute atomic E-state index is 0. The van der Waals surface area contributed by atoms with E-state index in [0.29, 0.717) is 39.1 Å². The summed E-state index contributed by atoms with van der Waals surface area (Å²) < 4.78 is 9.62. The van der Waals surface area contributed by atoms with Crippen molar-refractivity contribution in [2.75, 3.05) is 50.7 Å². The normalized spacial score (nSPS) is 8.91. The van der Waals surface area contributed by atoms with Crippen LogP contribution in [0.2, 0.25) is 0 Å². The fourth-order valence-electron chi connectivity index (χ4n) is 2.18. The lowest BCUT2D eigenvalue weighted by molar-refractivity contribution is -0.143. The molecule has 0 amide bonds. The van der Waals surface area contributed by atoms with Gasteiger partial charge in [0, 0.05) is 39.6 Å². The van der Waals surface area contributed by atoms with Crippen LogP contribution < -0.4 is 10.2 Å². The molecule has 0 saturated heterocycles. The third-order valence-corrected chi connectivity index (χ3v) is 3.60. The van der Waals surface area contributed by atoms with Crippen molar-refractivity contribution in [3.8, 4) is 0 Å². The van der Waals surface area contributed by atoms with Crippen molar-refractivity contribution in [3.63, 3.8) is 0 Å². The Balaban J connectivity index is 0. The number of hydrogen-bond donors (Lipinski definition) is 2. The molecular weight excluding hydrogens is 412 g/mol. The van der Waals surface area contributed by atoms with Crippen molar-refractivity contribution in [2.45, 2.75) is 34.1 Å². The number of aliphatic hydroxyl groups excluding tert-OH is 1. The van der Waals surface area contributed by atoms with Crippen molar-refractivity contribution in [1.82, 2.24) is 9.97 Å². The molecule has 2 N–H and O–H groups in total. The first kappa shape index (κ1) is 31.0. The molecule has 0 aliphatic heterocycles. The number of nitrogens with zero attached hydrogens (tertiary/aromatic N) is 3. The second-order valence-corrected chi connectivity index (χ2v) is 5.86. The van der Waals surface area contributed by atoms with Crippen molar-refractivity contribution in [3.05, 3.63) is 48.8 Å². The van der Waals surface area contributed by atoms with Crippen molar-refractivity contribution in [1.29, 1.82) is 0 Å². The average Bonchev–Trinajstić information content (AvgIpc) is 2.81. The minimum atomic E-state index is -0.184. The van der Waals surface area contributed by atoms with Crippen LogP contribution >= 0.6 is 0 Å². The maximum absolute atomic E-state index is 11.1. The van der Waals surface area contributed by atoms with Gasteiger partial charge in [0.2, 0.25) is 0 Å². The Morgan fingerprint density at radius 3 is 2.00 bits per heavy atom. The Morgan fingerprint density at radius 1 is 0.938 bits per heavy atom. The first-order valence-electron chi connectivity index (χ1n) is 10.1. The van der Waals surface area contributed by atoms with E-state index in [2.05, 4.69) is 15.3 Å². The second-order valence-electron chi connectivity index (χ2n) is 5.86. The van der Waals surface area contributed by atoms with Gasteiger partial charge in [-0.05, 0) is 38.1 Å². The molecule has 0 spiro atoms. The highest BCUT2D eigenvalue weighted by atomic mass is 16.5. The van der Waals surface area contributed by atoms with E-state index < -0.39 is 0 Å². The summed E-state index contributed by atoms with van der Waals surface area (Å²) in [6.07, 6.45) is 4.19. The number of aromatic nitrogens is 2. The number of ether oxygens (including phenoxy) is 2. The van der Waals surface area contributed by atoms with Gasteiger partial charge in [-0.3, -0.25) is 9.59 Å². The van der Waals surface area contributed by atoms with Gasteiger partial charge in [0.05, 0.1) is 26.1 Å². The summed E-state index contributed by atoms with van der Waals surface area (Å²) in [6, 6.07) is 11.3. The molecule has 0 fully saturated rings. The summed E-state index contributed by atoms with van der Waals surface area (Å²) >= 11 is 0. The van der Waals surface area contributed by atoms with Crippen LogP contribution in [0, 0.1) is 0 Å². The van der Waals surface area contributed by atoms with E-state index in [-0.39, 0.29) is 19.4 Å². The highest BCUT2D eigenvalue weighted by Crippen LogP contribution is 2.06.